The third-order valence-electron chi connectivity index (χ3n) is 1.80. The molecule has 2 rings (SSSR count). The van der Waals surface area contributed by atoms with Gasteiger partial charge in [-0.2, -0.15) is 0 Å². The van der Waals surface area contributed by atoms with Gasteiger partial charge in [0.25, 0.3) is 0 Å². The first-order chi connectivity index (χ1) is 6.18. The SMILES string of the molecule is CC(=O)c1cn2c(Cl)cccc2n1. The zero-order chi connectivity index (χ0) is 9.42. The van der Waals surface area contributed by atoms with Crippen molar-refractivity contribution in [3.05, 3.63) is 35.2 Å². The second-order valence-electron chi connectivity index (χ2n) is 2.76. The molecule has 0 unspecified atom stereocenters. The zero-order valence-electron chi connectivity index (χ0n) is 6.99. The Labute approximate surface area is 80.0 Å². The molecule has 2 aromatic heterocycles. The summed E-state index contributed by atoms with van der Waals surface area (Å²) in [5.74, 6) is -0.0558. The van der Waals surface area contributed by atoms with Crippen LogP contribution in [0.2, 0.25) is 5.15 Å². The second-order valence-corrected chi connectivity index (χ2v) is 3.15. The molecule has 0 spiro atoms. The fourth-order valence-electron chi connectivity index (χ4n) is 1.15. The van der Waals surface area contributed by atoms with Crippen molar-refractivity contribution in [3.63, 3.8) is 0 Å². The van der Waals surface area contributed by atoms with Gasteiger partial charge in [0.2, 0.25) is 0 Å². The van der Waals surface area contributed by atoms with Crippen LogP contribution in [0.25, 0.3) is 5.65 Å². The van der Waals surface area contributed by atoms with E-state index in [-0.39, 0.29) is 5.78 Å². The molecule has 0 fully saturated rings. The summed E-state index contributed by atoms with van der Waals surface area (Å²) in [5.41, 5.74) is 1.13. The molecule has 0 aliphatic carbocycles. The van der Waals surface area contributed by atoms with Gasteiger partial charge in [-0.3, -0.25) is 9.20 Å². The summed E-state index contributed by atoms with van der Waals surface area (Å²) in [7, 11) is 0. The number of imidazole rings is 1. The van der Waals surface area contributed by atoms with E-state index in [9.17, 15) is 4.79 Å². The summed E-state index contributed by atoms with van der Waals surface area (Å²) in [6.07, 6.45) is 1.64. The molecule has 2 heterocycles. The van der Waals surface area contributed by atoms with E-state index >= 15 is 0 Å². The number of rotatable bonds is 1. The van der Waals surface area contributed by atoms with E-state index in [1.165, 1.54) is 6.92 Å². The predicted molar refractivity (Wildman–Crippen MR) is 50.2 cm³/mol. The quantitative estimate of drug-likeness (QED) is 0.515. The Balaban J connectivity index is 2.75. The normalized spacial score (nSPS) is 10.6. The number of pyridine rings is 1. The summed E-state index contributed by atoms with van der Waals surface area (Å²) < 4.78 is 1.68. The van der Waals surface area contributed by atoms with E-state index in [1.54, 1.807) is 28.8 Å². The molecule has 4 heteroatoms. The first-order valence-corrected chi connectivity index (χ1v) is 4.21. The van der Waals surface area contributed by atoms with Crippen LogP contribution in [0.4, 0.5) is 0 Å². The molecule has 0 aliphatic rings. The largest absolute Gasteiger partial charge is 0.293 e. The fraction of sp³-hybridized carbons (Fsp3) is 0.111. The highest BCUT2D eigenvalue weighted by atomic mass is 35.5. The average Bonchev–Trinajstić information content (AvgIpc) is 2.49. The maximum atomic E-state index is 11.0. The zero-order valence-corrected chi connectivity index (χ0v) is 7.75. The third kappa shape index (κ3) is 1.31. The van der Waals surface area contributed by atoms with Crippen LogP contribution < -0.4 is 0 Å². The molecule has 0 aliphatic heterocycles. The summed E-state index contributed by atoms with van der Waals surface area (Å²) in [5, 5.41) is 0.553. The number of halogens is 1. The predicted octanol–water partition coefficient (Wildman–Crippen LogP) is 2.19. The number of aromatic nitrogens is 2. The van der Waals surface area contributed by atoms with Crippen molar-refractivity contribution in [2.75, 3.05) is 0 Å². The molecule has 0 saturated heterocycles. The topological polar surface area (TPSA) is 34.4 Å². The monoisotopic (exact) mass is 194 g/mol. The van der Waals surface area contributed by atoms with E-state index in [4.69, 9.17) is 11.6 Å². The lowest BCUT2D eigenvalue weighted by atomic mass is 10.3. The number of carbonyl (C=O) groups is 1. The van der Waals surface area contributed by atoms with Gasteiger partial charge in [0.15, 0.2) is 5.78 Å². The molecule has 0 amide bonds. The van der Waals surface area contributed by atoms with Crippen molar-refractivity contribution < 1.29 is 4.79 Å². The lowest BCUT2D eigenvalue weighted by molar-refractivity contribution is 0.101. The molecular weight excluding hydrogens is 188 g/mol. The van der Waals surface area contributed by atoms with Gasteiger partial charge in [-0.25, -0.2) is 4.98 Å². The highest BCUT2D eigenvalue weighted by Crippen LogP contribution is 2.13. The number of ketones is 1. The molecule has 3 nitrogen and oxygen atoms in total. The number of nitrogens with zero attached hydrogens (tertiary/aromatic N) is 2. The van der Waals surface area contributed by atoms with E-state index < -0.39 is 0 Å². The maximum absolute atomic E-state index is 11.0. The van der Waals surface area contributed by atoms with E-state index in [0.29, 0.717) is 16.5 Å². The van der Waals surface area contributed by atoms with Gasteiger partial charge in [0, 0.05) is 13.1 Å². The Morgan fingerprint density at radius 3 is 2.92 bits per heavy atom. The van der Waals surface area contributed by atoms with Crippen molar-refractivity contribution in [2.24, 2.45) is 0 Å². The first kappa shape index (κ1) is 8.26. The Morgan fingerprint density at radius 2 is 2.31 bits per heavy atom. The van der Waals surface area contributed by atoms with Gasteiger partial charge in [-0.15, -0.1) is 0 Å². The molecular formula is C9H7ClN2O. The Hall–Kier alpha value is -1.35. The summed E-state index contributed by atoms with van der Waals surface area (Å²) in [4.78, 5) is 15.1. The Morgan fingerprint density at radius 1 is 1.54 bits per heavy atom. The molecule has 0 bridgehead atoms. The molecule has 0 N–H and O–H groups in total. The lowest BCUT2D eigenvalue weighted by Crippen LogP contribution is -1.90. The van der Waals surface area contributed by atoms with Crippen LogP contribution >= 0.6 is 11.6 Å². The van der Waals surface area contributed by atoms with Crippen LogP contribution in [-0.2, 0) is 0 Å². The van der Waals surface area contributed by atoms with Crippen LogP contribution in [0.5, 0.6) is 0 Å². The highest BCUT2D eigenvalue weighted by Gasteiger charge is 2.06. The highest BCUT2D eigenvalue weighted by molar-refractivity contribution is 6.29. The molecule has 0 atom stereocenters. The lowest BCUT2D eigenvalue weighted by Gasteiger charge is -1.93. The van der Waals surface area contributed by atoms with Crippen LogP contribution in [0.15, 0.2) is 24.4 Å². The van der Waals surface area contributed by atoms with Crippen molar-refractivity contribution >= 4 is 23.0 Å². The van der Waals surface area contributed by atoms with Crippen LogP contribution in [-0.4, -0.2) is 15.2 Å². The van der Waals surface area contributed by atoms with Gasteiger partial charge in [-0.05, 0) is 12.1 Å². The smallest absolute Gasteiger partial charge is 0.179 e. The van der Waals surface area contributed by atoms with Crippen molar-refractivity contribution in [3.8, 4) is 0 Å². The van der Waals surface area contributed by atoms with E-state index in [1.807, 2.05) is 0 Å². The minimum Gasteiger partial charge on any atom is -0.293 e. The van der Waals surface area contributed by atoms with Gasteiger partial charge in [-0.1, -0.05) is 17.7 Å². The first-order valence-electron chi connectivity index (χ1n) is 3.83. The Bertz CT molecular complexity index is 475. The third-order valence-corrected chi connectivity index (χ3v) is 2.11. The van der Waals surface area contributed by atoms with Gasteiger partial charge in [0.1, 0.15) is 16.5 Å². The minimum absolute atomic E-state index is 0.0558. The molecule has 0 saturated carbocycles. The van der Waals surface area contributed by atoms with E-state index in [2.05, 4.69) is 4.98 Å². The van der Waals surface area contributed by atoms with Gasteiger partial charge in [0.05, 0.1) is 0 Å². The molecule has 13 heavy (non-hydrogen) atoms. The second kappa shape index (κ2) is 2.85. The summed E-state index contributed by atoms with van der Waals surface area (Å²) >= 11 is 5.89. The molecule has 2 aromatic rings. The molecule has 0 aromatic carbocycles. The number of fused-ring (bicyclic) bond motifs is 1. The van der Waals surface area contributed by atoms with Crippen molar-refractivity contribution in [1.29, 1.82) is 0 Å². The van der Waals surface area contributed by atoms with Crippen LogP contribution in [0.1, 0.15) is 17.4 Å². The summed E-state index contributed by atoms with van der Waals surface area (Å²) in [6.45, 7) is 1.48. The van der Waals surface area contributed by atoms with E-state index in [0.717, 1.165) is 0 Å². The number of carbonyl (C=O) groups excluding carboxylic acids is 1. The number of hydrogen-bond acceptors (Lipinski definition) is 2. The molecule has 66 valence electrons. The maximum Gasteiger partial charge on any atom is 0.179 e. The van der Waals surface area contributed by atoms with Gasteiger partial charge < -0.3 is 0 Å². The standard InChI is InChI=1S/C9H7ClN2O/c1-6(13)7-5-12-8(10)3-2-4-9(12)11-7/h2-5H,1H3. The average molecular weight is 195 g/mol. The van der Waals surface area contributed by atoms with Gasteiger partial charge >= 0.3 is 0 Å². The van der Waals surface area contributed by atoms with Crippen LogP contribution in [0.3, 0.4) is 0 Å². The Kier molecular flexibility index (Phi) is 1.81. The molecule has 0 radical (unpaired) electrons. The number of Topliss-reactive ketones (excluding diaryl/α,β-unsaturated/α-hetero) is 1. The van der Waals surface area contributed by atoms with Crippen LogP contribution in [0, 0.1) is 0 Å². The summed E-state index contributed by atoms with van der Waals surface area (Å²) in [6, 6.07) is 5.35. The number of hydrogen-bond donors (Lipinski definition) is 0. The fourth-order valence-corrected chi connectivity index (χ4v) is 1.35. The minimum atomic E-state index is -0.0558. The van der Waals surface area contributed by atoms with Crippen molar-refractivity contribution in [1.82, 2.24) is 9.38 Å². The van der Waals surface area contributed by atoms with Crippen molar-refractivity contribution in [2.45, 2.75) is 6.92 Å².